The van der Waals surface area contributed by atoms with E-state index in [4.69, 9.17) is 5.11 Å². The fourth-order valence-electron chi connectivity index (χ4n) is 2.09. The third kappa shape index (κ3) is 3.70. The molecule has 0 aliphatic carbocycles. The molecule has 0 aromatic carbocycles. The van der Waals surface area contributed by atoms with Gasteiger partial charge in [-0.05, 0) is 6.42 Å². The van der Waals surface area contributed by atoms with Crippen LogP contribution in [0.15, 0.2) is 0 Å². The molecule has 2 rings (SSSR count). The number of nitrogens with zero attached hydrogens (tertiary/aromatic N) is 2. The number of hydrogen-bond acceptors (Lipinski definition) is 7. The number of rotatable bonds is 3. The summed E-state index contributed by atoms with van der Waals surface area (Å²) in [6.07, 6.45) is -0.956. The normalized spacial score (nSPS) is 20.4. The van der Waals surface area contributed by atoms with Gasteiger partial charge >= 0.3 is 28.4 Å². The summed E-state index contributed by atoms with van der Waals surface area (Å²) in [5, 5.41) is 10.3. The van der Waals surface area contributed by atoms with Crippen molar-refractivity contribution in [1.82, 2.24) is 24.6 Å². The molecule has 0 spiro atoms. The third-order valence-corrected chi connectivity index (χ3v) is 4.12. The second kappa shape index (κ2) is 6.31. The van der Waals surface area contributed by atoms with Crippen LogP contribution in [0.2, 0.25) is 0 Å². The molecule has 2 heterocycles. The molecule has 2 aliphatic rings. The van der Waals surface area contributed by atoms with Crippen molar-refractivity contribution < 1.29 is 37.5 Å². The number of hydrogen-bond donors (Lipinski definition) is 4. The minimum absolute atomic E-state index is 0.0568. The number of imide groups is 2. The fraction of sp³-hybridized carbons (Fsp3) is 0.500. The predicted octanol–water partition coefficient (Wildman–Crippen LogP) is -2.25. The fourth-order valence-corrected chi connectivity index (χ4v) is 2.83. The van der Waals surface area contributed by atoms with Crippen molar-refractivity contribution in [3.63, 3.8) is 0 Å². The monoisotopic (exact) mass is 363 g/mol. The molecule has 7 amide bonds. The van der Waals surface area contributed by atoms with Crippen LogP contribution in [-0.4, -0.2) is 72.4 Å². The Hall–Kier alpha value is -2.90. The van der Waals surface area contributed by atoms with E-state index in [0.717, 1.165) is 0 Å². The van der Waals surface area contributed by atoms with Crippen molar-refractivity contribution >= 4 is 40.2 Å². The van der Waals surface area contributed by atoms with E-state index in [1.807, 2.05) is 5.32 Å². The predicted molar refractivity (Wildman–Crippen MR) is 73.6 cm³/mol. The average molecular weight is 363 g/mol. The lowest BCUT2D eigenvalue weighted by molar-refractivity contribution is -0.139. The van der Waals surface area contributed by atoms with Crippen LogP contribution in [0.5, 0.6) is 0 Å². The summed E-state index contributed by atoms with van der Waals surface area (Å²) < 4.78 is 26.3. The Morgan fingerprint density at radius 2 is 1.67 bits per heavy atom. The standard InChI is InChI=1S/C10H13N5O8S/c16-6-2-1-3-14(6)8(18)12-24(22,23)13-9(19)15-4-5(7(15)17)11-10(20)21/h5,11H,1-4H2,(H,12,18)(H,13,19)(H,20,21). The van der Waals surface area contributed by atoms with Crippen molar-refractivity contribution in [2.75, 3.05) is 13.1 Å². The smallest absolute Gasteiger partial charge is 0.405 e. The molecule has 0 aromatic heterocycles. The Labute approximate surface area is 135 Å². The summed E-state index contributed by atoms with van der Waals surface area (Å²) in [4.78, 5) is 57.6. The molecule has 14 heteroatoms. The molecule has 1 unspecified atom stereocenters. The van der Waals surface area contributed by atoms with Gasteiger partial charge in [0.25, 0.3) is 5.91 Å². The van der Waals surface area contributed by atoms with Crippen molar-refractivity contribution in [2.45, 2.75) is 18.9 Å². The number of urea groups is 2. The lowest BCUT2D eigenvalue weighted by Crippen LogP contribution is -2.67. The first kappa shape index (κ1) is 17.5. The highest BCUT2D eigenvalue weighted by molar-refractivity contribution is 7.88. The van der Waals surface area contributed by atoms with Crippen LogP contribution in [0.3, 0.4) is 0 Å². The summed E-state index contributed by atoms with van der Waals surface area (Å²) in [6.45, 7) is -0.299. The van der Waals surface area contributed by atoms with Crippen molar-refractivity contribution in [2.24, 2.45) is 0 Å². The minimum atomic E-state index is -4.65. The molecular weight excluding hydrogens is 350 g/mol. The number of likely N-dealkylation sites (tertiary alicyclic amines) is 2. The summed E-state index contributed by atoms with van der Waals surface area (Å²) in [7, 11) is -4.65. The molecule has 13 nitrogen and oxygen atoms in total. The average Bonchev–Trinajstić information content (AvgIpc) is 2.87. The van der Waals surface area contributed by atoms with Crippen LogP contribution in [0, 0.1) is 0 Å². The number of carboxylic acid groups (broad SMARTS) is 1. The van der Waals surface area contributed by atoms with Gasteiger partial charge in [-0.1, -0.05) is 0 Å². The van der Waals surface area contributed by atoms with Gasteiger partial charge in [-0.15, -0.1) is 0 Å². The molecule has 1 atom stereocenters. The second-order valence-corrected chi connectivity index (χ2v) is 6.33. The Bertz CT molecular complexity index is 719. The lowest BCUT2D eigenvalue weighted by Gasteiger charge is -2.35. The summed E-state index contributed by atoms with van der Waals surface area (Å²) in [5.74, 6) is -1.49. The number of β-lactam (4-membered cyclic amide) rings is 1. The van der Waals surface area contributed by atoms with Crippen LogP contribution in [0.1, 0.15) is 12.8 Å². The third-order valence-electron chi connectivity index (χ3n) is 3.23. The summed E-state index contributed by atoms with van der Waals surface area (Å²) in [6, 6.07) is -3.71. The van der Waals surface area contributed by atoms with Gasteiger partial charge in [-0.25, -0.2) is 23.8 Å². The van der Waals surface area contributed by atoms with Gasteiger partial charge in [0.05, 0.1) is 6.54 Å². The molecule has 0 aromatic rings. The van der Waals surface area contributed by atoms with Crippen LogP contribution >= 0.6 is 0 Å². The Morgan fingerprint density at radius 3 is 2.12 bits per heavy atom. The number of nitrogens with one attached hydrogen (secondary N) is 3. The Morgan fingerprint density at radius 1 is 1.08 bits per heavy atom. The van der Waals surface area contributed by atoms with Gasteiger partial charge in [0.2, 0.25) is 5.91 Å². The Balaban J connectivity index is 1.89. The van der Waals surface area contributed by atoms with E-state index in [1.165, 1.54) is 9.44 Å². The zero-order chi connectivity index (χ0) is 18.1. The molecule has 2 aliphatic heterocycles. The molecule has 4 N–H and O–H groups in total. The zero-order valence-electron chi connectivity index (χ0n) is 12.0. The molecule has 0 bridgehead atoms. The second-order valence-electron chi connectivity index (χ2n) is 4.92. The van der Waals surface area contributed by atoms with Gasteiger partial charge in [-0.3, -0.25) is 19.4 Å². The van der Waals surface area contributed by atoms with E-state index in [9.17, 15) is 32.4 Å². The van der Waals surface area contributed by atoms with E-state index in [0.29, 0.717) is 16.2 Å². The van der Waals surface area contributed by atoms with Crippen molar-refractivity contribution in [3.8, 4) is 0 Å². The van der Waals surface area contributed by atoms with Crippen molar-refractivity contribution in [1.29, 1.82) is 0 Å². The van der Waals surface area contributed by atoms with Gasteiger partial charge < -0.3 is 10.4 Å². The molecule has 0 radical (unpaired) electrons. The van der Waals surface area contributed by atoms with E-state index in [1.54, 1.807) is 0 Å². The van der Waals surface area contributed by atoms with Gasteiger partial charge in [-0.2, -0.15) is 8.42 Å². The maximum absolute atomic E-state index is 11.7. The lowest BCUT2D eigenvalue weighted by atomic mass is 10.1. The molecular formula is C10H13N5O8S. The van der Waals surface area contributed by atoms with Crippen LogP contribution in [0.25, 0.3) is 0 Å². The highest BCUT2D eigenvalue weighted by Crippen LogP contribution is 2.11. The summed E-state index contributed by atoms with van der Waals surface area (Å²) >= 11 is 0. The maximum atomic E-state index is 11.7. The zero-order valence-corrected chi connectivity index (χ0v) is 12.8. The van der Waals surface area contributed by atoms with E-state index >= 15 is 0 Å². The highest BCUT2D eigenvalue weighted by atomic mass is 32.2. The van der Waals surface area contributed by atoms with Crippen molar-refractivity contribution in [3.05, 3.63) is 0 Å². The highest BCUT2D eigenvalue weighted by Gasteiger charge is 2.43. The molecule has 132 valence electrons. The summed E-state index contributed by atoms with van der Waals surface area (Å²) in [5.41, 5.74) is 0. The van der Waals surface area contributed by atoms with Gasteiger partial charge in [0.15, 0.2) is 0 Å². The number of carbonyl (C=O) groups is 5. The van der Waals surface area contributed by atoms with Gasteiger partial charge in [0, 0.05) is 13.0 Å². The van der Waals surface area contributed by atoms with Crippen LogP contribution in [-0.2, 0) is 19.8 Å². The van der Waals surface area contributed by atoms with Gasteiger partial charge in [0.1, 0.15) is 6.04 Å². The van der Waals surface area contributed by atoms with E-state index in [-0.39, 0.29) is 19.5 Å². The first-order chi connectivity index (χ1) is 11.1. The quantitative estimate of drug-likeness (QED) is 0.405. The number of carbonyl (C=O) groups excluding carboxylic acids is 4. The van der Waals surface area contributed by atoms with E-state index in [2.05, 4.69) is 0 Å². The topological polar surface area (TPSA) is 182 Å². The van der Waals surface area contributed by atoms with Crippen LogP contribution < -0.4 is 14.8 Å². The molecule has 2 saturated heterocycles. The first-order valence-corrected chi connectivity index (χ1v) is 8.09. The largest absolute Gasteiger partial charge is 0.465 e. The van der Waals surface area contributed by atoms with E-state index < -0.39 is 46.2 Å². The number of amides is 7. The first-order valence-electron chi connectivity index (χ1n) is 6.60. The minimum Gasteiger partial charge on any atom is -0.465 e. The molecule has 24 heavy (non-hydrogen) atoms. The Kier molecular flexibility index (Phi) is 4.59. The van der Waals surface area contributed by atoms with Crippen LogP contribution in [0.4, 0.5) is 14.4 Å². The molecule has 0 saturated carbocycles. The SMILES string of the molecule is O=C(O)NC1CN(C(=O)NS(=O)(=O)NC(=O)N2CCCC2=O)C1=O. The molecule has 2 fully saturated rings. The maximum Gasteiger partial charge on any atom is 0.405 e.